The van der Waals surface area contributed by atoms with Gasteiger partial charge in [-0.25, -0.2) is 4.68 Å². The Morgan fingerprint density at radius 1 is 1.09 bits per heavy atom. The summed E-state index contributed by atoms with van der Waals surface area (Å²) in [5, 5.41) is 11.3. The molecule has 9 nitrogen and oxygen atoms in total. The zero-order valence-electron chi connectivity index (χ0n) is 18.7. The Morgan fingerprint density at radius 2 is 1.88 bits per heavy atom. The summed E-state index contributed by atoms with van der Waals surface area (Å²) in [6, 6.07) is 13.9. The second-order valence-electron chi connectivity index (χ2n) is 8.46. The lowest BCUT2D eigenvalue weighted by atomic mass is 10.0. The molecule has 0 aliphatic heterocycles. The molecular formula is C25H26N6O3. The van der Waals surface area contributed by atoms with E-state index in [1.807, 2.05) is 24.3 Å². The van der Waals surface area contributed by atoms with Gasteiger partial charge in [0.05, 0.1) is 18.3 Å². The molecule has 3 heterocycles. The van der Waals surface area contributed by atoms with Crippen molar-refractivity contribution in [1.82, 2.24) is 30.2 Å². The molecule has 5 rings (SSSR count). The van der Waals surface area contributed by atoms with Gasteiger partial charge in [0.25, 0.3) is 0 Å². The fourth-order valence-corrected chi connectivity index (χ4v) is 4.65. The number of para-hydroxylation sites is 1. The van der Waals surface area contributed by atoms with Gasteiger partial charge >= 0.3 is 0 Å². The lowest BCUT2D eigenvalue weighted by Crippen LogP contribution is -2.49. The molecule has 0 bridgehead atoms. The van der Waals surface area contributed by atoms with Crippen molar-refractivity contribution in [2.45, 2.75) is 50.9 Å². The molecule has 4 aromatic rings. The van der Waals surface area contributed by atoms with Gasteiger partial charge in [0, 0.05) is 18.4 Å². The number of hydrogen-bond donors (Lipinski definition) is 1. The average Bonchev–Trinajstić information content (AvgIpc) is 3.64. The van der Waals surface area contributed by atoms with Crippen LogP contribution in [0.15, 0.2) is 71.6 Å². The molecule has 1 atom stereocenters. The summed E-state index contributed by atoms with van der Waals surface area (Å²) < 4.78 is 6.97. The van der Waals surface area contributed by atoms with Crippen LogP contribution < -0.4 is 5.32 Å². The van der Waals surface area contributed by atoms with Crippen LogP contribution in [-0.4, -0.2) is 42.7 Å². The van der Waals surface area contributed by atoms with Crippen molar-refractivity contribution in [2.75, 3.05) is 0 Å². The molecule has 174 valence electrons. The summed E-state index contributed by atoms with van der Waals surface area (Å²) in [4.78, 5) is 33.2. The second-order valence-corrected chi connectivity index (χ2v) is 8.46. The minimum atomic E-state index is -0.789. The lowest BCUT2D eigenvalue weighted by Gasteiger charge is -2.36. The number of aromatic nitrogens is 4. The van der Waals surface area contributed by atoms with Gasteiger partial charge in [-0.15, -0.1) is 5.10 Å². The van der Waals surface area contributed by atoms with Gasteiger partial charge in [-0.1, -0.05) is 30.2 Å². The number of hydrogen-bond acceptors (Lipinski definition) is 6. The zero-order chi connectivity index (χ0) is 23.3. The Morgan fingerprint density at radius 3 is 2.65 bits per heavy atom. The summed E-state index contributed by atoms with van der Waals surface area (Å²) in [6.45, 7) is 0.248. The van der Waals surface area contributed by atoms with Crippen molar-refractivity contribution in [3.63, 3.8) is 0 Å². The Hall–Kier alpha value is -4.01. The van der Waals surface area contributed by atoms with Crippen molar-refractivity contribution >= 4 is 22.8 Å². The van der Waals surface area contributed by atoms with E-state index in [0.717, 1.165) is 42.3 Å². The highest BCUT2D eigenvalue weighted by molar-refractivity contribution is 5.89. The Kier molecular flexibility index (Phi) is 6.33. The first-order valence-corrected chi connectivity index (χ1v) is 11.5. The molecule has 0 saturated heterocycles. The predicted octanol–water partition coefficient (Wildman–Crippen LogP) is 3.25. The first-order chi connectivity index (χ1) is 16.7. The zero-order valence-corrected chi connectivity index (χ0v) is 18.7. The van der Waals surface area contributed by atoms with Crippen LogP contribution >= 0.6 is 0 Å². The first-order valence-electron chi connectivity index (χ1n) is 11.5. The van der Waals surface area contributed by atoms with Crippen molar-refractivity contribution in [1.29, 1.82) is 0 Å². The van der Waals surface area contributed by atoms with Crippen LogP contribution in [0.2, 0.25) is 0 Å². The monoisotopic (exact) mass is 458 g/mol. The third-order valence-corrected chi connectivity index (χ3v) is 6.28. The molecular weight excluding hydrogens is 432 g/mol. The quantitative estimate of drug-likeness (QED) is 0.434. The summed E-state index contributed by atoms with van der Waals surface area (Å²) in [7, 11) is 0. The average molecular weight is 459 g/mol. The Bertz CT molecular complexity index is 1250. The van der Waals surface area contributed by atoms with Crippen LogP contribution in [0.3, 0.4) is 0 Å². The van der Waals surface area contributed by atoms with Crippen molar-refractivity contribution < 1.29 is 14.0 Å². The highest BCUT2D eigenvalue weighted by atomic mass is 16.3. The van der Waals surface area contributed by atoms with Crippen LogP contribution in [-0.2, 0) is 22.7 Å². The van der Waals surface area contributed by atoms with E-state index in [1.54, 1.807) is 52.5 Å². The fraction of sp³-hybridized carbons (Fsp3) is 0.320. The molecule has 1 N–H and O–H groups in total. The SMILES string of the molecule is O=C(NCc1ccco1)[C@@H](c1ccncc1)N(C(=O)Cn1nnc2ccccc21)C1CCCC1. The minimum absolute atomic E-state index is 0.00403. The third kappa shape index (κ3) is 4.54. The molecule has 3 aromatic heterocycles. The second kappa shape index (κ2) is 9.86. The molecule has 1 aromatic carbocycles. The van der Waals surface area contributed by atoms with E-state index in [1.165, 1.54) is 0 Å². The van der Waals surface area contributed by atoms with Crippen LogP contribution in [0, 0.1) is 0 Å². The molecule has 9 heteroatoms. The minimum Gasteiger partial charge on any atom is -0.467 e. The van der Waals surface area contributed by atoms with Crippen molar-refractivity contribution in [2.24, 2.45) is 0 Å². The molecule has 34 heavy (non-hydrogen) atoms. The summed E-state index contributed by atoms with van der Waals surface area (Å²) >= 11 is 0. The van der Waals surface area contributed by atoms with Gasteiger partial charge in [-0.3, -0.25) is 14.6 Å². The van der Waals surface area contributed by atoms with Gasteiger partial charge < -0.3 is 14.6 Å². The van der Waals surface area contributed by atoms with Gasteiger partial charge in [-0.2, -0.15) is 0 Å². The van der Waals surface area contributed by atoms with E-state index in [9.17, 15) is 9.59 Å². The van der Waals surface area contributed by atoms with Crippen molar-refractivity contribution in [3.05, 3.63) is 78.5 Å². The normalized spacial score (nSPS) is 14.8. The fourth-order valence-electron chi connectivity index (χ4n) is 4.65. The topological polar surface area (TPSA) is 106 Å². The molecule has 1 aliphatic carbocycles. The molecule has 0 radical (unpaired) electrons. The van der Waals surface area contributed by atoms with Crippen LogP contribution in [0.1, 0.15) is 43.0 Å². The number of rotatable bonds is 8. The highest BCUT2D eigenvalue weighted by Crippen LogP contribution is 2.32. The van der Waals surface area contributed by atoms with E-state index in [0.29, 0.717) is 5.76 Å². The maximum absolute atomic E-state index is 13.8. The predicted molar refractivity (Wildman–Crippen MR) is 124 cm³/mol. The number of carbonyl (C=O) groups is 2. The van der Waals surface area contributed by atoms with E-state index >= 15 is 0 Å². The standard InChI is InChI=1S/C25H26N6O3/c32-23(17-30-22-10-4-3-9-21(22)28-29-30)31(19-6-1-2-7-19)24(18-11-13-26-14-12-18)25(33)27-16-20-8-5-15-34-20/h3-5,8-15,19,24H,1-2,6-7,16-17H2,(H,27,33)/t24-/m1/s1. The number of pyridine rings is 1. The number of amides is 2. The van der Waals surface area contributed by atoms with E-state index in [-0.39, 0.29) is 30.9 Å². The summed E-state index contributed by atoms with van der Waals surface area (Å²) in [6.07, 6.45) is 8.62. The van der Waals surface area contributed by atoms with Gasteiger partial charge in [0.2, 0.25) is 11.8 Å². The van der Waals surface area contributed by atoms with Gasteiger partial charge in [0.1, 0.15) is 23.9 Å². The number of nitrogens with one attached hydrogen (secondary N) is 1. The summed E-state index contributed by atoms with van der Waals surface area (Å²) in [5.41, 5.74) is 2.23. The van der Waals surface area contributed by atoms with E-state index < -0.39 is 6.04 Å². The largest absolute Gasteiger partial charge is 0.467 e. The Balaban J connectivity index is 1.47. The maximum atomic E-state index is 13.8. The van der Waals surface area contributed by atoms with Crippen molar-refractivity contribution in [3.8, 4) is 0 Å². The van der Waals surface area contributed by atoms with Crippen LogP contribution in [0.5, 0.6) is 0 Å². The molecule has 0 spiro atoms. The number of carbonyl (C=O) groups excluding carboxylic acids is 2. The maximum Gasteiger partial charge on any atom is 0.247 e. The van der Waals surface area contributed by atoms with Gasteiger partial charge in [-0.05, 0) is 54.8 Å². The number of fused-ring (bicyclic) bond motifs is 1. The Labute approximate surface area is 196 Å². The van der Waals surface area contributed by atoms with Crippen LogP contribution in [0.4, 0.5) is 0 Å². The number of nitrogens with zero attached hydrogens (tertiary/aromatic N) is 5. The number of benzene rings is 1. The molecule has 2 amide bonds. The first kappa shape index (κ1) is 21.8. The number of furan rings is 1. The molecule has 1 aliphatic rings. The van der Waals surface area contributed by atoms with Gasteiger partial charge in [0.15, 0.2) is 0 Å². The lowest BCUT2D eigenvalue weighted by molar-refractivity contribution is -0.144. The van der Waals surface area contributed by atoms with E-state index in [2.05, 4.69) is 20.6 Å². The summed E-state index contributed by atoms with van der Waals surface area (Å²) in [5.74, 6) is 0.221. The smallest absolute Gasteiger partial charge is 0.247 e. The van der Waals surface area contributed by atoms with Crippen LogP contribution in [0.25, 0.3) is 11.0 Å². The highest BCUT2D eigenvalue weighted by Gasteiger charge is 2.37. The molecule has 1 fully saturated rings. The molecule has 1 saturated carbocycles. The molecule has 0 unspecified atom stereocenters. The third-order valence-electron chi connectivity index (χ3n) is 6.28. The van der Waals surface area contributed by atoms with E-state index in [4.69, 9.17) is 4.42 Å².